The maximum Gasteiger partial charge on any atom is 0.299 e. The molecule has 4 nitrogen and oxygen atoms in total. The predicted octanol–water partition coefficient (Wildman–Crippen LogP) is 3.08. The van der Waals surface area contributed by atoms with Crippen LogP contribution in [0.5, 0.6) is 0 Å². The Balaban J connectivity index is 2.06. The lowest BCUT2D eigenvalue weighted by atomic mass is 10.1. The minimum atomic E-state index is -0.688. The number of nitrogens with zero attached hydrogens (tertiary/aromatic N) is 2. The summed E-state index contributed by atoms with van der Waals surface area (Å²) >= 11 is 4.68. The number of aromatic nitrogens is 1. The van der Waals surface area contributed by atoms with Crippen LogP contribution in [0.25, 0.3) is 0 Å². The van der Waals surface area contributed by atoms with Crippen LogP contribution in [-0.2, 0) is 11.3 Å². The molecule has 2 aromatic rings. The highest BCUT2D eigenvalue weighted by Crippen LogP contribution is 2.37. The van der Waals surface area contributed by atoms with Gasteiger partial charge in [-0.15, -0.1) is 11.3 Å². The number of hydrogen-bond donors (Lipinski definition) is 0. The van der Waals surface area contributed by atoms with E-state index in [-0.39, 0.29) is 12.1 Å². The van der Waals surface area contributed by atoms with Crippen molar-refractivity contribution in [1.29, 1.82) is 0 Å². The number of fused-ring (bicyclic) bond motifs is 1. The SMILES string of the molecule is Cc1nc(CN2C(=O)C(=O)c3cc(F)cc(Br)c32)cs1. The van der Waals surface area contributed by atoms with E-state index in [4.69, 9.17) is 0 Å². The summed E-state index contributed by atoms with van der Waals surface area (Å²) in [7, 11) is 0. The van der Waals surface area contributed by atoms with Crippen molar-refractivity contribution >= 4 is 44.6 Å². The fourth-order valence-electron chi connectivity index (χ4n) is 2.15. The zero-order valence-electron chi connectivity index (χ0n) is 10.3. The molecule has 0 bridgehead atoms. The Labute approximate surface area is 126 Å². The predicted molar refractivity (Wildman–Crippen MR) is 76.5 cm³/mol. The molecule has 0 saturated carbocycles. The van der Waals surface area contributed by atoms with Gasteiger partial charge < -0.3 is 0 Å². The van der Waals surface area contributed by atoms with Gasteiger partial charge in [-0.3, -0.25) is 14.5 Å². The molecule has 0 fully saturated rings. The number of benzene rings is 1. The van der Waals surface area contributed by atoms with Crippen molar-refractivity contribution in [2.45, 2.75) is 13.5 Å². The lowest BCUT2D eigenvalue weighted by molar-refractivity contribution is -0.114. The second-order valence-electron chi connectivity index (χ2n) is 4.36. The topological polar surface area (TPSA) is 50.3 Å². The first-order valence-electron chi connectivity index (χ1n) is 5.73. The van der Waals surface area contributed by atoms with Crippen molar-refractivity contribution in [3.63, 3.8) is 0 Å². The van der Waals surface area contributed by atoms with Crippen molar-refractivity contribution < 1.29 is 14.0 Å². The van der Waals surface area contributed by atoms with E-state index in [1.54, 1.807) is 0 Å². The lowest BCUT2D eigenvalue weighted by Crippen LogP contribution is -2.29. The van der Waals surface area contributed by atoms with Gasteiger partial charge in [0.25, 0.3) is 11.7 Å². The molecular formula is C13H8BrFN2O2S. The molecule has 0 radical (unpaired) electrons. The molecule has 0 atom stereocenters. The summed E-state index contributed by atoms with van der Waals surface area (Å²) in [6.45, 7) is 2.07. The van der Waals surface area contributed by atoms with E-state index in [0.29, 0.717) is 15.9 Å². The van der Waals surface area contributed by atoms with Gasteiger partial charge in [0.15, 0.2) is 0 Å². The minimum absolute atomic E-state index is 0.0915. The number of Topliss-reactive ketones (excluding diaryl/α,β-unsaturated/α-hetero) is 1. The molecule has 1 aromatic carbocycles. The Morgan fingerprint density at radius 2 is 2.15 bits per heavy atom. The van der Waals surface area contributed by atoms with Crippen molar-refractivity contribution in [3.8, 4) is 0 Å². The maximum absolute atomic E-state index is 13.4. The van der Waals surface area contributed by atoms with Gasteiger partial charge in [0.1, 0.15) is 5.82 Å². The van der Waals surface area contributed by atoms with E-state index in [1.165, 1.54) is 22.3 Å². The lowest BCUT2D eigenvalue weighted by Gasteiger charge is -2.16. The summed E-state index contributed by atoms with van der Waals surface area (Å²) in [4.78, 5) is 29.6. The molecule has 0 N–H and O–H groups in total. The molecule has 1 aliphatic heterocycles. The number of hydrogen-bond acceptors (Lipinski definition) is 4. The largest absolute Gasteiger partial charge is 0.299 e. The van der Waals surface area contributed by atoms with Crippen LogP contribution in [0.2, 0.25) is 0 Å². The Kier molecular flexibility index (Phi) is 3.18. The standard InChI is InChI=1S/C13H8BrFN2O2S/c1-6-16-8(5-20-6)4-17-11-9(12(18)13(17)19)2-7(15)3-10(11)14/h2-3,5H,4H2,1H3. The third-order valence-corrected chi connectivity index (χ3v) is 4.40. The zero-order chi connectivity index (χ0) is 14.4. The quantitative estimate of drug-likeness (QED) is 0.778. The summed E-state index contributed by atoms with van der Waals surface area (Å²) in [6.07, 6.45) is 0. The highest BCUT2D eigenvalue weighted by atomic mass is 79.9. The second kappa shape index (κ2) is 4.75. The van der Waals surface area contributed by atoms with E-state index in [2.05, 4.69) is 20.9 Å². The molecule has 2 heterocycles. The number of aryl methyl sites for hydroxylation is 1. The number of halogens is 2. The molecule has 0 spiro atoms. The first kappa shape index (κ1) is 13.4. The molecule has 3 rings (SSSR count). The van der Waals surface area contributed by atoms with Gasteiger partial charge in [0.2, 0.25) is 0 Å². The van der Waals surface area contributed by atoms with Gasteiger partial charge >= 0.3 is 0 Å². The number of rotatable bonds is 2. The summed E-state index contributed by atoms with van der Waals surface area (Å²) in [5.41, 5.74) is 1.21. The van der Waals surface area contributed by atoms with Crippen LogP contribution in [0.1, 0.15) is 21.1 Å². The zero-order valence-corrected chi connectivity index (χ0v) is 12.7. The monoisotopic (exact) mass is 354 g/mol. The number of carbonyl (C=O) groups is 2. The Morgan fingerprint density at radius 1 is 1.40 bits per heavy atom. The number of anilines is 1. The molecular weight excluding hydrogens is 347 g/mol. The summed E-state index contributed by atoms with van der Waals surface area (Å²) in [5.74, 6) is -1.90. The Hall–Kier alpha value is -1.60. The van der Waals surface area contributed by atoms with E-state index >= 15 is 0 Å². The average molecular weight is 355 g/mol. The highest BCUT2D eigenvalue weighted by molar-refractivity contribution is 9.10. The molecule has 1 aromatic heterocycles. The highest BCUT2D eigenvalue weighted by Gasteiger charge is 2.38. The summed E-state index contributed by atoms with van der Waals surface area (Å²) in [6, 6.07) is 2.33. The molecule has 7 heteroatoms. The van der Waals surface area contributed by atoms with Crippen molar-refractivity contribution in [2.24, 2.45) is 0 Å². The molecule has 1 amide bonds. The fourth-order valence-corrected chi connectivity index (χ4v) is 3.40. The average Bonchev–Trinajstić information content (AvgIpc) is 2.88. The van der Waals surface area contributed by atoms with Gasteiger partial charge in [-0.2, -0.15) is 0 Å². The van der Waals surface area contributed by atoms with Crippen LogP contribution in [0.4, 0.5) is 10.1 Å². The Bertz CT molecular complexity index is 744. The molecule has 0 saturated heterocycles. The van der Waals surface area contributed by atoms with E-state index in [9.17, 15) is 14.0 Å². The van der Waals surface area contributed by atoms with Crippen molar-refractivity contribution in [3.05, 3.63) is 44.1 Å². The first-order valence-corrected chi connectivity index (χ1v) is 7.41. The molecule has 20 heavy (non-hydrogen) atoms. The van der Waals surface area contributed by atoms with Crippen LogP contribution in [-0.4, -0.2) is 16.7 Å². The van der Waals surface area contributed by atoms with Gasteiger partial charge in [0.05, 0.1) is 28.5 Å². The number of ketones is 1. The maximum atomic E-state index is 13.4. The molecule has 102 valence electrons. The first-order chi connectivity index (χ1) is 9.47. The number of amides is 1. The van der Waals surface area contributed by atoms with E-state index in [0.717, 1.165) is 11.1 Å². The van der Waals surface area contributed by atoms with Crippen LogP contribution in [0, 0.1) is 12.7 Å². The van der Waals surface area contributed by atoms with Gasteiger partial charge in [-0.1, -0.05) is 0 Å². The fraction of sp³-hybridized carbons (Fsp3) is 0.154. The van der Waals surface area contributed by atoms with E-state index < -0.39 is 17.5 Å². The van der Waals surface area contributed by atoms with Gasteiger partial charge in [-0.05, 0) is 35.0 Å². The van der Waals surface area contributed by atoms with Gasteiger partial charge in [-0.25, -0.2) is 9.37 Å². The second-order valence-corrected chi connectivity index (χ2v) is 6.28. The molecule has 0 aliphatic carbocycles. The normalized spacial score (nSPS) is 14.1. The van der Waals surface area contributed by atoms with Crippen LogP contribution in [0.3, 0.4) is 0 Å². The molecule has 0 unspecified atom stereocenters. The van der Waals surface area contributed by atoms with Crippen LogP contribution >= 0.6 is 27.3 Å². The van der Waals surface area contributed by atoms with Crippen LogP contribution < -0.4 is 4.90 Å². The smallest absolute Gasteiger partial charge is 0.298 e. The summed E-state index contributed by atoms with van der Waals surface area (Å²) < 4.78 is 13.7. The summed E-state index contributed by atoms with van der Waals surface area (Å²) in [5, 5.41) is 2.72. The Morgan fingerprint density at radius 3 is 2.80 bits per heavy atom. The van der Waals surface area contributed by atoms with Crippen molar-refractivity contribution in [2.75, 3.05) is 4.90 Å². The molecule has 1 aliphatic rings. The minimum Gasteiger partial charge on any atom is -0.298 e. The third kappa shape index (κ3) is 2.06. The number of thiazole rings is 1. The number of carbonyl (C=O) groups excluding carboxylic acids is 2. The third-order valence-electron chi connectivity index (χ3n) is 2.97. The van der Waals surface area contributed by atoms with Crippen LogP contribution in [0.15, 0.2) is 22.0 Å². The van der Waals surface area contributed by atoms with E-state index in [1.807, 2.05) is 12.3 Å². The van der Waals surface area contributed by atoms with Gasteiger partial charge in [0, 0.05) is 9.85 Å². The van der Waals surface area contributed by atoms with Crippen molar-refractivity contribution in [1.82, 2.24) is 4.98 Å².